The third-order valence-electron chi connectivity index (χ3n) is 3.34. The summed E-state index contributed by atoms with van der Waals surface area (Å²) in [6.07, 6.45) is 5.83. The summed E-state index contributed by atoms with van der Waals surface area (Å²) in [5.74, 6) is 3.05. The normalized spacial score (nSPS) is 14.5. The molecule has 4 nitrogen and oxygen atoms in total. The van der Waals surface area contributed by atoms with Crippen LogP contribution in [0.15, 0.2) is 6.07 Å². The first-order chi connectivity index (χ1) is 9.28. The average molecular weight is 262 g/mol. The van der Waals surface area contributed by atoms with E-state index in [1.165, 1.54) is 19.3 Å². The minimum atomic E-state index is 0.707. The van der Waals surface area contributed by atoms with Crippen LogP contribution in [0.3, 0.4) is 0 Å². The van der Waals surface area contributed by atoms with E-state index >= 15 is 0 Å². The maximum absolute atomic E-state index is 4.76. The molecule has 1 fully saturated rings. The molecule has 0 atom stereocenters. The Kier molecular flexibility index (Phi) is 5.00. The number of hydrogen-bond donors (Lipinski definition) is 1. The molecule has 1 saturated carbocycles. The zero-order valence-corrected chi connectivity index (χ0v) is 12.4. The number of rotatable bonds is 8. The molecule has 2 rings (SSSR count). The van der Waals surface area contributed by atoms with Crippen molar-refractivity contribution in [3.8, 4) is 0 Å². The molecular formula is C15H26N4. The molecule has 106 valence electrons. The van der Waals surface area contributed by atoms with Crippen molar-refractivity contribution in [3.63, 3.8) is 0 Å². The van der Waals surface area contributed by atoms with Crippen LogP contribution in [0.4, 0.5) is 11.6 Å². The van der Waals surface area contributed by atoms with Crippen LogP contribution in [0.2, 0.25) is 0 Å². The maximum Gasteiger partial charge on any atom is 0.134 e. The zero-order chi connectivity index (χ0) is 13.7. The Balaban J connectivity index is 2.24. The predicted molar refractivity (Wildman–Crippen MR) is 80.8 cm³/mol. The third kappa shape index (κ3) is 3.82. The van der Waals surface area contributed by atoms with Gasteiger partial charge in [-0.1, -0.05) is 13.8 Å². The number of anilines is 2. The van der Waals surface area contributed by atoms with Gasteiger partial charge in [0.05, 0.1) is 0 Å². The molecular weight excluding hydrogens is 236 g/mol. The lowest BCUT2D eigenvalue weighted by atomic mass is 10.3. The lowest BCUT2D eigenvalue weighted by Crippen LogP contribution is -2.28. The van der Waals surface area contributed by atoms with Crippen LogP contribution in [-0.2, 0) is 6.42 Å². The van der Waals surface area contributed by atoms with Gasteiger partial charge in [0.25, 0.3) is 0 Å². The molecule has 0 saturated heterocycles. The van der Waals surface area contributed by atoms with Crippen molar-refractivity contribution in [1.29, 1.82) is 0 Å². The molecule has 1 aromatic heterocycles. The molecule has 1 N–H and O–H groups in total. The topological polar surface area (TPSA) is 41.1 Å². The molecule has 4 heteroatoms. The highest BCUT2D eigenvalue weighted by molar-refractivity contribution is 5.51. The summed E-state index contributed by atoms with van der Waals surface area (Å²) in [7, 11) is 0. The van der Waals surface area contributed by atoms with Crippen LogP contribution in [0.5, 0.6) is 0 Å². The third-order valence-corrected chi connectivity index (χ3v) is 3.34. The van der Waals surface area contributed by atoms with Gasteiger partial charge >= 0.3 is 0 Å². The fourth-order valence-electron chi connectivity index (χ4n) is 2.35. The van der Waals surface area contributed by atoms with Crippen molar-refractivity contribution in [2.24, 2.45) is 0 Å². The van der Waals surface area contributed by atoms with E-state index < -0.39 is 0 Å². The second-order valence-corrected chi connectivity index (χ2v) is 5.23. The number of hydrogen-bond acceptors (Lipinski definition) is 4. The molecule has 0 aromatic carbocycles. The van der Waals surface area contributed by atoms with Crippen LogP contribution < -0.4 is 10.2 Å². The first-order valence-electron chi connectivity index (χ1n) is 7.66. The quantitative estimate of drug-likeness (QED) is 0.781. The Morgan fingerprint density at radius 2 is 2.00 bits per heavy atom. The summed E-state index contributed by atoms with van der Waals surface area (Å²) in [5.41, 5.74) is 0. The second kappa shape index (κ2) is 6.73. The van der Waals surface area contributed by atoms with E-state index in [1.54, 1.807) is 0 Å². The Morgan fingerprint density at radius 3 is 2.58 bits per heavy atom. The molecule has 1 aliphatic carbocycles. The van der Waals surface area contributed by atoms with Crippen molar-refractivity contribution in [3.05, 3.63) is 11.9 Å². The average Bonchev–Trinajstić information content (AvgIpc) is 3.21. The van der Waals surface area contributed by atoms with Gasteiger partial charge in [-0.25, -0.2) is 9.97 Å². The van der Waals surface area contributed by atoms with Crippen molar-refractivity contribution in [1.82, 2.24) is 9.97 Å². The van der Waals surface area contributed by atoms with Crippen LogP contribution in [0.1, 0.15) is 52.3 Å². The summed E-state index contributed by atoms with van der Waals surface area (Å²) in [6, 6.07) is 2.82. The molecule has 1 aromatic rings. The smallest absolute Gasteiger partial charge is 0.134 e. The fourth-order valence-corrected chi connectivity index (χ4v) is 2.35. The zero-order valence-electron chi connectivity index (χ0n) is 12.4. The van der Waals surface area contributed by atoms with Crippen LogP contribution in [-0.4, -0.2) is 29.1 Å². The molecule has 0 spiro atoms. The number of aromatic nitrogens is 2. The Labute approximate surface area is 116 Å². The van der Waals surface area contributed by atoms with Crippen LogP contribution in [0, 0.1) is 0 Å². The Morgan fingerprint density at radius 1 is 1.21 bits per heavy atom. The van der Waals surface area contributed by atoms with E-state index in [9.17, 15) is 0 Å². The van der Waals surface area contributed by atoms with Crippen molar-refractivity contribution >= 4 is 11.6 Å². The van der Waals surface area contributed by atoms with Gasteiger partial charge in [0.15, 0.2) is 0 Å². The van der Waals surface area contributed by atoms with Gasteiger partial charge in [-0.2, -0.15) is 0 Å². The minimum Gasteiger partial charge on any atom is -0.370 e. The van der Waals surface area contributed by atoms with Gasteiger partial charge in [-0.05, 0) is 32.6 Å². The lowest BCUT2D eigenvalue weighted by Gasteiger charge is -2.24. The molecule has 1 heterocycles. The van der Waals surface area contributed by atoms with Crippen LogP contribution >= 0.6 is 0 Å². The first kappa shape index (κ1) is 14.1. The summed E-state index contributed by atoms with van der Waals surface area (Å²) in [5, 5.41) is 3.33. The standard InChI is InChI=1S/C15H26N4/c1-4-7-13-17-14(16-6-3)11-15(18-13)19(10-5-2)12-8-9-12/h11-12H,4-10H2,1-3H3,(H,16,17,18). The highest BCUT2D eigenvalue weighted by Gasteiger charge is 2.29. The molecule has 19 heavy (non-hydrogen) atoms. The predicted octanol–water partition coefficient (Wildman–Crippen LogP) is 3.24. The van der Waals surface area contributed by atoms with Gasteiger partial charge in [-0.3, -0.25) is 0 Å². The van der Waals surface area contributed by atoms with E-state index in [0.717, 1.165) is 43.4 Å². The van der Waals surface area contributed by atoms with Crippen molar-refractivity contribution in [2.45, 2.75) is 58.9 Å². The molecule has 0 radical (unpaired) electrons. The SMILES string of the molecule is CCCc1nc(NCC)cc(N(CCC)C2CC2)n1. The highest BCUT2D eigenvalue weighted by Crippen LogP contribution is 2.31. The molecule has 0 unspecified atom stereocenters. The van der Waals surface area contributed by atoms with Crippen LogP contribution in [0.25, 0.3) is 0 Å². The summed E-state index contributed by atoms with van der Waals surface area (Å²) < 4.78 is 0. The highest BCUT2D eigenvalue weighted by atomic mass is 15.2. The first-order valence-corrected chi connectivity index (χ1v) is 7.66. The van der Waals surface area contributed by atoms with Crippen molar-refractivity contribution < 1.29 is 0 Å². The van der Waals surface area contributed by atoms with Crippen molar-refractivity contribution in [2.75, 3.05) is 23.3 Å². The number of nitrogens with one attached hydrogen (secondary N) is 1. The largest absolute Gasteiger partial charge is 0.370 e. The Bertz CT molecular complexity index is 377. The van der Waals surface area contributed by atoms with E-state index in [1.807, 2.05) is 0 Å². The van der Waals surface area contributed by atoms with Gasteiger partial charge in [0.2, 0.25) is 0 Å². The van der Waals surface area contributed by atoms with E-state index in [2.05, 4.69) is 42.0 Å². The number of nitrogens with zero attached hydrogens (tertiary/aromatic N) is 3. The summed E-state index contributed by atoms with van der Waals surface area (Å²) in [4.78, 5) is 11.8. The van der Waals surface area contributed by atoms with E-state index in [-0.39, 0.29) is 0 Å². The minimum absolute atomic E-state index is 0.707. The molecule has 0 bridgehead atoms. The second-order valence-electron chi connectivity index (χ2n) is 5.23. The van der Waals surface area contributed by atoms with Gasteiger partial charge in [0, 0.05) is 31.6 Å². The van der Waals surface area contributed by atoms with Gasteiger partial charge < -0.3 is 10.2 Å². The maximum atomic E-state index is 4.76. The van der Waals surface area contributed by atoms with E-state index in [0.29, 0.717) is 6.04 Å². The molecule has 0 aliphatic heterocycles. The summed E-state index contributed by atoms with van der Waals surface area (Å²) in [6.45, 7) is 8.51. The lowest BCUT2D eigenvalue weighted by molar-refractivity contribution is 0.737. The molecule has 1 aliphatic rings. The number of aryl methyl sites for hydroxylation is 1. The fraction of sp³-hybridized carbons (Fsp3) is 0.733. The summed E-state index contributed by atoms with van der Waals surface area (Å²) >= 11 is 0. The van der Waals surface area contributed by atoms with Gasteiger partial charge in [0.1, 0.15) is 17.5 Å². The van der Waals surface area contributed by atoms with Gasteiger partial charge in [-0.15, -0.1) is 0 Å². The van der Waals surface area contributed by atoms with E-state index in [4.69, 9.17) is 4.98 Å². The molecule has 0 amide bonds. The Hall–Kier alpha value is -1.32. The monoisotopic (exact) mass is 262 g/mol.